The van der Waals surface area contributed by atoms with Gasteiger partial charge in [0.15, 0.2) is 0 Å². The van der Waals surface area contributed by atoms with Gasteiger partial charge in [-0.3, -0.25) is 0 Å². The lowest BCUT2D eigenvalue weighted by Gasteiger charge is -2.33. The molecule has 7 heavy (non-hydrogen) atoms. The lowest BCUT2D eigenvalue weighted by Crippen LogP contribution is -2.55. The second kappa shape index (κ2) is 1.53. The number of aldehydes is 1. The van der Waals surface area contributed by atoms with Crippen LogP contribution >= 0.6 is 9.24 Å². The monoisotopic (exact) mass is 117 g/mol. The van der Waals surface area contributed by atoms with Crippen LogP contribution in [0.1, 0.15) is 0 Å². The van der Waals surface area contributed by atoms with Crippen molar-refractivity contribution in [3.8, 4) is 0 Å². The van der Waals surface area contributed by atoms with E-state index < -0.39 is 0 Å². The van der Waals surface area contributed by atoms with Crippen LogP contribution in [0.5, 0.6) is 0 Å². The van der Waals surface area contributed by atoms with Crippen LogP contribution < -0.4 is 5.32 Å². The van der Waals surface area contributed by atoms with Crippen LogP contribution in [0.4, 0.5) is 0 Å². The third kappa shape index (κ3) is 0.817. The average molecular weight is 117 g/mol. The van der Waals surface area contributed by atoms with Crippen LogP contribution in [0.2, 0.25) is 0 Å². The van der Waals surface area contributed by atoms with E-state index in [0.29, 0.717) is 0 Å². The normalized spacial score (nSPS) is 25.9. The molecule has 1 fully saturated rings. The molecule has 1 atom stereocenters. The molecule has 1 aliphatic heterocycles. The third-order valence-electron chi connectivity index (χ3n) is 1.14. The fourth-order valence-electron chi connectivity index (χ4n) is 0.497. The molecule has 0 aromatic heterocycles. The van der Waals surface area contributed by atoms with E-state index in [2.05, 4.69) is 14.6 Å². The van der Waals surface area contributed by atoms with Gasteiger partial charge in [0.05, 0.1) is 5.16 Å². The Balaban J connectivity index is 2.43. The third-order valence-corrected chi connectivity index (χ3v) is 1.69. The van der Waals surface area contributed by atoms with E-state index in [-0.39, 0.29) is 5.16 Å². The first kappa shape index (κ1) is 5.20. The summed E-state index contributed by atoms with van der Waals surface area (Å²) in [6.45, 7) is 1.64. The summed E-state index contributed by atoms with van der Waals surface area (Å²) in [5, 5.41) is 2.89. The summed E-state index contributed by atoms with van der Waals surface area (Å²) in [6, 6.07) is 0. The van der Waals surface area contributed by atoms with E-state index in [9.17, 15) is 4.79 Å². The van der Waals surface area contributed by atoms with Crippen molar-refractivity contribution >= 4 is 15.5 Å². The summed E-state index contributed by atoms with van der Waals surface area (Å²) in [5.74, 6) is 0. The van der Waals surface area contributed by atoms with Gasteiger partial charge in [-0.2, -0.15) is 0 Å². The van der Waals surface area contributed by atoms with E-state index in [1.807, 2.05) is 0 Å². The number of nitrogens with one attached hydrogen (secondary N) is 1. The molecule has 0 radical (unpaired) electrons. The van der Waals surface area contributed by atoms with Crippen molar-refractivity contribution in [3.05, 3.63) is 0 Å². The molecule has 0 aliphatic carbocycles. The molecule has 40 valence electrons. The zero-order valence-corrected chi connectivity index (χ0v) is 5.13. The highest BCUT2D eigenvalue weighted by Gasteiger charge is 2.30. The Morgan fingerprint density at radius 1 is 1.71 bits per heavy atom. The Kier molecular flexibility index (Phi) is 1.14. The van der Waals surface area contributed by atoms with Gasteiger partial charge in [0, 0.05) is 13.1 Å². The molecule has 1 aliphatic rings. The van der Waals surface area contributed by atoms with Crippen molar-refractivity contribution in [3.63, 3.8) is 0 Å². The van der Waals surface area contributed by atoms with Crippen molar-refractivity contribution in [2.45, 2.75) is 5.16 Å². The molecule has 0 saturated carbocycles. The molecule has 1 N–H and O–H groups in total. The number of carbonyl (C=O) groups is 1. The summed E-state index contributed by atoms with van der Waals surface area (Å²) >= 11 is 0. The Bertz CT molecular complexity index is 89.7. The predicted molar refractivity (Wildman–Crippen MR) is 31.4 cm³/mol. The molecule has 0 bridgehead atoms. The van der Waals surface area contributed by atoms with Crippen LogP contribution in [0.15, 0.2) is 0 Å². The van der Waals surface area contributed by atoms with Gasteiger partial charge in [0.2, 0.25) is 0 Å². The van der Waals surface area contributed by atoms with Gasteiger partial charge < -0.3 is 10.1 Å². The first-order valence-electron chi connectivity index (χ1n) is 2.23. The number of rotatable bonds is 1. The van der Waals surface area contributed by atoms with Gasteiger partial charge in [-0.25, -0.2) is 0 Å². The fraction of sp³-hybridized carbons (Fsp3) is 0.750. The molecule has 1 rings (SSSR count). The Hall–Kier alpha value is 0.0600. The number of hydrogen-bond acceptors (Lipinski definition) is 2. The first-order chi connectivity index (χ1) is 3.27. The van der Waals surface area contributed by atoms with Crippen molar-refractivity contribution in [2.24, 2.45) is 0 Å². The Morgan fingerprint density at radius 2 is 2.29 bits per heavy atom. The maximum atomic E-state index is 10.0. The number of hydrogen-bond donors (Lipinski definition) is 1. The summed E-state index contributed by atoms with van der Waals surface area (Å²) in [5.41, 5.74) is 0. The highest BCUT2D eigenvalue weighted by molar-refractivity contribution is 7.21. The molecule has 1 saturated heterocycles. The summed E-state index contributed by atoms with van der Waals surface area (Å²) < 4.78 is 0. The van der Waals surface area contributed by atoms with Crippen molar-refractivity contribution in [1.82, 2.24) is 5.32 Å². The average Bonchev–Trinajstić information content (AvgIpc) is 1.61. The largest absolute Gasteiger partial charge is 0.314 e. The van der Waals surface area contributed by atoms with E-state index >= 15 is 0 Å². The molecule has 0 aromatic carbocycles. The quantitative estimate of drug-likeness (QED) is 0.367. The van der Waals surface area contributed by atoms with Crippen molar-refractivity contribution < 1.29 is 4.79 Å². The van der Waals surface area contributed by atoms with E-state index in [1.165, 1.54) is 0 Å². The van der Waals surface area contributed by atoms with Crippen LogP contribution in [0.25, 0.3) is 0 Å². The zero-order chi connectivity index (χ0) is 5.33. The van der Waals surface area contributed by atoms with Gasteiger partial charge >= 0.3 is 0 Å². The molecular weight excluding hydrogens is 109 g/mol. The lowest BCUT2D eigenvalue weighted by molar-refractivity contribution is -0.110. The molecule has 3 heteroatoms. The minimum atomic E-state index is -0.111. The molecular formula is C4H8NOP. The molecule has 1 unspecified atom stereocenters. The van der Waals surface area contributed by atoms with Crippen LogP contribution in [0.3, 0.4) is 0 Å². The summed E-state index contributed by atoms with van der Waals surface area (Å²) in [4.78, 5) is 10.0. The Labute approximate surface area is 44.9 Å². The first-order valence-corrected chi connectivity index (χ1v) is 2.80. The lowest BCUT2D eigenvalue weighted by atomic mass is 10.1. The molecule has 2 nitrogen and oxygen atoms in total. The van der Waals surface area contributed by atoms with Gasteiger partial charge in [0.25, 0.3) is 0 Å². The summed E-state index contributed by atoms with van der Waals surface area (Å²) in [7, 11) is 2.52. The van der Waals surface area contributed by atoms with Crippen LogP contribution in [-0.4, -0.2) is 24.5 Å². The van der Waals surface area contributed by atoms with Gasteiger partial charge in [0.1, 0.15) is 6.29 Å². The van der Waals surface area contributed by atoms with Crippen LogP contribution in [-0.2, 0) is 4.79 Å². The predicted octanol–water partition coefficient (Wildman–Crippen LogP) is -0.598. The second-order valence-corrected chi connectivity index (χ2v) is 3.10. The summed E-state index contributed by atoms with van der Waals surface area (Å²) in [6.07, 6.45) is 0.980. The SMILES string of the molecule is O=CC1(P)CNC1. The molecule has 1 heterocycles. The number of carbonyl (C=O) groups excluding carboxylic acids is 1. The fourth-order valence-corrected chi connectivity index (χ4v) is 0.786. The van der Waals surface area contributed by atoms with Gasteiger partial charge in [-0.15, -0.1) is 9.24 Å². The van der Waals surface area contributed by atoms with Gasteiger partial charge in [-0.05, 0) is 0 Å². The maximum absolute atomic E-state index is 10.0. The van der Waals surface area contributed by atoms with E-state index in [0.717, 1.165) is 19.4 Å². The maximum Gasteiger partial charge on any atom is 0.132 e. The topological polar surface area (TPSA) is 29.1 Å². The highest BCUT2D eigenvalue weighted by atomic mass is 31.0. The minimum Gasteiger partial charge on any atom is -0.314 e. The van der Waals surface area contributed by atoms with Gasteiger partial charge in [-0.1, -0.05) is 0 Å². The van der Waals surface area contributed by atoms with Crippen molar-refractivity contribution in [1.29, 1.82) is 0 Å². The Morgan fingerprint density at radius 3 is 2.29 bits per heavy atom. The van der Waals surface area contributed by atoms with Crippen LogP contribution in [0, 0.1) is 0 Å². The van der Waals surface area contributed by atoms with Crippen molar-refractivity contribution in [2.75, 3.05) is 13.1 Å². The van der Waals surface area contributed by atoms with E-state index in [4.69, 9.17) is 0 Å². The zero-order valence-electron chi connectivity index (χ0n) is 3.98. The minimum absolute atomic E-state index is 0.111. The second-order valence-electron chi connectivity index (χ2n) is 1.95. The molecule has 0 aromatic rings. The highest BCUT2D eigenvalue weighted by Crippen LogP contribution is 2.18. The van der Waals surface area contributed by atoms with E-state index in [1.54, 1.807) is 0 Å². The molecule has 0 spiro atoms. The molecule has 0 amide bonds. The standard InChI is InChI=1S/C4H8NOP/c6-3-4(7)1-5-2-4/h3,5H,1-2,7H2. The smallest absolute Gasteiger partial charge is 0.132 e.